The molecule has 2 atom stereocenters. The molecule has 4 heterocycles. The first-order valence-corrected chi connectivity index (χ1v) is 11.7. The Hall–Kier alpha value is -2.86. The molecule has 11 nitrogen and oxygen atoms in total. The second-order valence-corrected chi connectivity index (χ2v) is 10.7. The molecule has 1 N–H and O–H groups in total. The number of hydrogen-bond acceptors (Lipinski definition) is 10. The number of morpholine rings is 1. The van der Waals surface area contributed by atoms with Crippen molar-refractivity contribution in [3.63, 3.8) is 0 Å². The van der Waals surface area contributed by atoms with E-state index in [1.165, 1.54) is 26.2 Å². The van der Waals surface area contributed by atoms with Crippen LogP contribution in [-0.2, 0) is 19.3 Å². The predicted molar refractivity (Wildman–Crippen MR) is 112 cm³/mol. The van der Waals surface area contributed by atoms with Crippen LogP contribution in [0.25, 0.3) is 0 Å². The number of amides is 1. The number of hydrogen-bond donors (Lipinski definition) is 1. The van der Waals surface area contributed by atoms with Crippen LogP contribution in [0.2, 0.25) is 0 Å². The SMILES string of the molecule is CC1COCC2COc3c(nc(C(=O)Nc4ncccn4)nc3C(C)(C)S(C)(=O)=O)N12. The largest absolute Gasteiger partial charge is 0.486 e. The zero-order valence-electron chi connectivity index (χ0n) is 17.7. The first-order chi connectivity index (χ1) is 14.6. The van der Waals surface area contributed by atoms with E-state index in [2.05, 4.69) is 25.3 Å². The fourth-order valence-electron chi connectivity index (χ4n) is 3.54. The molecule has 12 heteroatoms. The van der Waals surface area contributed by atoms with Crippen molar-refractivity contribution in [2.24, 2.45) is 0 Å². The Balaban J connectivity index is 1.86. The van der Waals surface area contributed by atoms with E-state index in [-0.39, 0.29) is 35.3 Å². The highest BCUT2D eigenvalue weighted by Gasteiger charge is 2.44. The zero-order valence-corrected chi connectivity index (χ0v) is 18.5. The Morgan fingerprint density at radius 1 is 1.19 bits per heavy atom. The quantitative estimate of drug-likeness (QED) is 0.714. The number of carbonyl (C=O) groups is 1. The van der Waals surface area contributed by atoms with Gasteiger partial charge in [-0.25, -0.2) is 28.4 Å². The van der Waals surface area contributed by atoms with E-state index in [9.17, 15) is 13.2 Å². The average Bonchev–Trinajstić information content (AvgIpc) is 2.72. The Morgan fingerprint density at radius 3 is 2.58 bits per heavy atom. The fourth-order valence-corrected chi connectivity index (χ4v) is 4.03. The zero-order chi connectivity index (χ0) is 22.4. The number of ether oxygens (including phenoxy) is 2. The summed E-state index contributed by atoms with van der Waals surface area (Å²) in [5.41, 5.74) is 0.135. The lowest BCUT2D eigenvalue weighted by Crippen LogP contribution is -2.56. The molecule has 0 radical (unpaired) electrons. The number of rotatable bonds is 4. The topological polar surface area (TPSA) is 136 Å². The summed E-state index contributed by atoms with van der Waals surface area (Å²) in [6.07, 6.45) is 4.10. The van der Waals surface area contributed by atoms with Crippen LogP contribution in [0.5, 0.6) is 5.75 Å². The minimum Gasteiger partial charge on any atom is -0.486 e. The molecule has 2 aromatic heterocycles. The molecule has 2 aliphatic rings. The maximum atomic E-state index is 12.9. The van der Waals surface area contributed by atoms with Gasteiger partial charge >= 0.3 is 0 Å². The van der Waals surface area contributed by atoms with Gasteiger partial charge in [-0.05, 0) is 26.8 Å². The van der Waals surface area contributed by atoms with Gasteiger partial charge in [0.05, 0.1) is 25.3 Å². The van der Waals surface area contributed by atoms with E-state index in [0.29, 0.717) is 25.6 Å². The lowest BCUT2D eigenvalue weighted by Gasteiger charge is -2.45. The van der Waals surface area contributed by atoms with Crippen LogP contribution in [0.3, 0.4) is 0 Å². The van der Waals surface area contributed by atoms with Crippen LogP contribution in [0.1, 0.15) is 37.1 Å². The Morgan fingerprint density at radius 2 is 1.90 bits per heavy atom. The van der Waals surface area contributed by atoms with Crippen LogP contribution in [0, 0.1) is 0 Å². The monoisotopic (exact) mass is 448 g/mol. The van der Waals surface area contributed by atoms with Crippen molar-refractivity contribution in [3.05, 3.63) is 30.0 Å². The van der Waals surface area contributed by atoms with Gasteiger partial charge in [0.1, 0.15) is 17.0 Å². The van der Waals surface area contributed by atoms with Crippen LogP contribution in [-0.4, -0.2) is 72.4 Å². The van der Waals surface area contributed by atoms with Crippen molar-refractivity contribution < 1.29 is 22.7 Å². The van der Waals surface area contributed by atoms with Gasteiger partial charge in [0, 0.05) is 18.6 Å². The molecule has 166 valence electrons. The summed E-state index contributed by atoms with van der Waals surface area (Å²) in [7, 11) is -3.60. The van der Waals surface area contributed by atoms with E-state index >= 15 is 0 Å². The van der Waals surface area contributed by atoms with Crippen molar-refractivity contribution in [1.29, 1.82) is 0 Å². The molecular formula is C19H24N6O5S. The summed E-state index contributed by atoms with van der Waals surface area (Å²) >= 11 is 0. The Kier molecular flexibility index (Phi) is 5.30. The number of sulfone groups is 1. The van der Waals surface area contributed by atoms with Gasteiger partial charge in [-0.3, -0.25) is 10.1 Å². The molecule has 1 fully saturated rings. The summed E-state index contributed by atoms with van der Waals surface area (Å²) in [6, 6.07) is 1.47. The van der Waals surface area contributed by atoms with Gasteiger partial charge < -0.3 is 14.4 Å². The molecule has 0 aliphatic carbocycles. The molecule has 31 heavy (non-hydrogen) atoms. The van der Waals surface area contributed by atoms with Crippen molar-refractivity contribution >= 4 is 27.5 Å². The van der Waals surface area contributed by atoms with E-state index in [0.717, 1.165) is 6.26 Å². The van der Waals surface area contributed by atoms with Crippen molar-refractivity contribution in [3.8, 4) is 5.75 Å². The standard InChI is InChI=1S/C19H24N6O5S/c1-11-8-29-9-12-10-30-13-14(19(2,3)31(4,27)28)22-15(23-16(13)25(11)12)17(26)24-18-20-6-5-7-21-18/h5-7,11-12H,8-10H2,1-4H3,(H,20,21,24,26). The number of nitrogens with zero attached hydrogens (tertiary/aromatic N) is 5. The van der Waals surface area contributed by atoms with E-state index in [1.807, 2.05) is 11.8 Å². The van der Waals surface area contributed by atoms with Gasteiger partial charge in [0.15, 0.2) is 21.4 Å². The van der Waals surface area contributed by atoms with Crippen molar-refractivity contribution in [2.75, 3.05) is 36.3 Å². The highest BCUT2D eigenvalue weighted by Crippen LogP contribution is 2.43. The third-order valence-corrected chi connectivity index (χ3v) is 7.59. The van der Waals surface area contributed by atoms with Gasteiger partial charge in [-0.1, -0.05) is 0 Å². The Bertz CT molecular complexity index is 1110. The lowest BCUT2D eigenvalue weighted by molar-refractivity contribution is 0.0481. The third kappa shape index (κ3) is 3.81. The number of fused-ring (bicyclic) bond motifs is 3. The molecule has 2 unspecified atom stereocenters. The molecule has 0 bridgehead atoms. The predicted octanol–water partition coefficient (Wildman–Crippen LogP) is 0.785. The number of carbonyl (C=O) groups excluding carboxylic acids is 1. The first kappa shape index (κ1) is 21.4. The van der Waals surface area contributed by atoms with Gasteiger partial charge in [0.25, 0.3) is 5.91 Å². The summed E-state index contributed by atoms with van der Waals surface area (Å²) in [5, 5.41) is 2.55. The third-order valence-electron chi connectivity index (χ3n) is 5.54. The summed E-state index contributed by atoms with van der Waals surface area (Å²) in [4.78, 5) is 31.7. The molecule has 0 saturated carbocycles. The van der Waals surface area contributed by atoms with Crippen LogP contribution < -0.4 is 15.0 Å². The van der Waals surface area contributed by atoms with Crippen LogP contribution >= 0.6 is 0 Å². The minimum atomic E-state index is -3.60. The van der Waals surface area contributed by atoms with E-state index < -0.39 is 20.5 Å². The average molecular weight is 449 g/mol. The molecule has 2 aromatic rings. The second-order valence-electron chi connectivity index (χ2n) is 8.12. The summed E-state index contributed by atoms with van der Waals surface area (Å²) in [6.45, 7) is 6.26. The van der Waals surface area contributed by atoms with Crippen LogP contribution in [0.4, 0.5) is 11.8 Å². The summed E-state index contributed by atoms with van der Waals surface area (Å²) in [5.74, 6) is -0.101. The first-order valence-electron chi connectivity index (χ1n) is 9.79. The normalized spacial score (nSPS) is 21.0. The van der Waals surface area contributed by atoms with Crippen molar-refractivity contribution in [2.45, 2.75) is 37.6 Å². The maximum absolute atomic E-state index is 12.9. The molecular weight excluding hydrogens is 424 g/mol. The van der Waals surface area contributed by atoms with Gasteiger partial charge in [-0.15, -0.1) is 0 Å². The Labute approximate surface area is 180 Å². The highest BCUT2D eigenvalue weighted by atomic mass is 32.2. The maximum Gasteiger partial charge on any atom is 0.295 e. The molecule has 4 rings (SSSR count). The molecule has 0 spiro atoms. The molecule has 1 saturated heterocycles. The lowest BCUT2D eigenvalue weighted by atomic mass is 10.0. The smallest absolute Gasteiger partial charge is 0.295 e. The second kappa shape index (κ2) is 7.68. The van der Waals surface area contributed by atoms with E-state index in [1.54, 1.807) is 6.07 Å². The number of anilines is 2. The van der Waals surface area contributed by atoms with E-state index in [4.69, 9.17) is 9.47 Å². The number of nitrogens with one attached hydrogen (secondary N) is 1. The molecule has 0 aromatic carbocycles. The fraction of sp³-hybridized carbons (Fsp3) is 0.526. The minimum absolute atomic E-state index is 0.0427. The summed E-state index contributed by atoms with van der Waals surface area (Å²) < 4.78 is 35.3. The van der Waals surface area contributed by atoms with Gasteiger partial charge in [-0.2, -0.15) is 0 Å². The highest BCUT2D eigenvalue weighted by molar-refractivity contribution is 7.91. The van der Waals surface area contributed by atoms with Crippen molar-refractivity contribution in [1.82, 2.24) is 19.9 Å². The van der Waals surface area contributed by atoms with Crippen LogP contribution in [0.15, 0.2) is 18.5 Å². The van der Waals surface area contributed by atoms with Gasteiger partial charge in [0.2, 0.25) is 11.8 Å². The number of aromatic nitrogens is 4. The molecule has 1 amide bonds. The molecule has 2 aliphatic heterocycles.